The van der Waals surface area contributed by atoms with Crippen LogP contribution in [0.15, 0.2) is 66.7 Å². The maximum atomic E-state index is 4.72. The van der Waals surface area contributed by atoms with Gasteiger partial charge >= 0.3 is 0 Å². The zero-order chi connectivity index (χ0) is 16.4. The normalized spacial score (nSPS) is 13.5. The number of nitrogens with zero attached hydrogens (tertiary/aromatic N) is 3. The van der Waals surface area contributed by atoms with Crippen LogP contribution in [-0.2, 0) is 0 Å². The summed E-state index contributed by atoms with van der Waals surface area (Å²) in [7, 11) is 2.04. The summed E-state index contributed by atoms with van der Waals surface area (Å²) in [5.41, 5.74) is 3.14. The molecular formula is C20H20N4. The van der Waals surface area contributed by atoms with Crippen molar-refractivity contribution in [1.82, 2.24) is 9.97 Å². The highest BCUT2D eigenvalue weighted by atomic mass is 15.2. The van der Waals surface area contributed by atoms with E-state index in [0.717, 1.165) is 22.8 Å². The Morgan fingerprint density at radius 1 is 0.917 bits per heavy atom. The van der Waals surface area contributed by atoms with Gasteiger partial charge in [-0.05, 0) is 25.0 Å². The van der Waals surface area contributed by atoms with E-state index in [2.05, 4.69) is 34.5 Å². The van der Waals surface area contributed by atoms with Crippen LogP contribution in [0.25, 0.3) is 11.3 Å². The van der Waals surface area contributed by atoms with Gasteiger partial charge in [0.05, 0.1) is 5.69 Å². The van der Waals surface area contributed by atoms with Crippen LogP contribution in [0.5, 0.6) is 0 Å². The smallest absolute Gasteiger partial charge is 0.225 e. The molecule has 24 heavy (non-hydrogen) atoms. The molecule has 0 unspecified atom stereocenters. The van der Waals surface area contributed by atoms with E-state index in [1.807, 2.05) is 49.5 Å². The standard InChI is InChI=1S/C20H20N4/c1-24(17-10-6-3-7-11-17)19-14-18(15-8-4-2-5-9-15)22-20(23-19)21-16-12-13-16/h2-11,14,16H,12-13H2,1H3,(H,21,22,23). The van der Waals surface area contributed by atoms with Crippen LogP contribution in [0.2, 0.25) is 0 Å². The fourth-order valence-electron chi connectivity index (χ4n) is 2.62. The van der Waals surface area contributed by atoms with Gasteiger partial charge in [-0.3, -0.25) is 0 Å². The lowest BCUT2D eigenvalue weighted by atomic mass is 10.1. The summed E-state index contributed by atoms with van der Waals surface area (Å²) < 4.78 is 0. The lowest BCUT2D eigenvalue weighted by Gasteiger charge is -2.20. The van der Waals surface area contributed by atoms with Gasteiger partial charge in [-0.15, -0.1) is 0 Å². The van der Waals surface area contributed by atoms with Crippen molar-refractivity contribution in [2.24, 2.45) is 0 Å². The minimum absolute atomic E-state index is 0.519. The van der Waals surface area contributed by atoms with Gasteiger partial charge in [0, 0.05) is 30.4 Å². The third-order valence-corrected chi connectivity index (χ3v) is 4.18. The Balaban J connectivity index is 1.74. The van der Waals surface area contributed by atoms with Gasteiger partial charge in [-0.1, -0.05) is 48.5 Å². The molecular weight excluding hydrogens is 296 g/mol. The second-order valence-electron chi connectivity index (χ2n) is 6.11. The van der Waals surface area contributed by atoms with Crippen molar-refractivity contribution in [1.29, 1.82) is 0 Å². The molecule has 1 N–H and O–H groups in total. The van der Waals surface area contributed by atoms with E-state index in [9.17, 15) is 0 Å². The van der Waals surface area contributed by atoms with Crippen molar-refractivity contribution in [3.05, 3.63) is 66.7 Å². The lowest BCUT2D eigenvalue weighted by molar-refractivity contribution is 1.03. The average molecular weight is 316 g/mol. The molecule has 1 aliphatic rings. The van der Waals surface area contributed by atoms with Gasteiger partial charge in [-0.25, -0.2) is 4.98 Å². The molecule has 1 heterocycles. The van der Waals surface area contributed by atoms with Crippen molar-refractivity contribution in [3.63, 3.8) is 0 Å². The first-order chi connectivity index (χ1) is 11.8. The number of benzene rings is 2. The Hall–Kier alpha value is -2.88. The minimum Gasteiger partial charge on any atom is -0.351 e. The van der Waals surface area contributed by atoms with Crippen molar-refractivity contribution >= 4 is 17.5 Å². The van der Waals surface area contributed by atoms with Gasteiger partial charge in [0.25, 0.3) is 0 Å². The van der Waals surface area contributed by atoms with E-state index in [4.69, 9.17) is 9.97 Å². The number of para-hydroxylation sites is 1. The van der Waals surface area contributed by atoms with Crippen molar-refractivity contribution in [2.45, 2.75) is 18.9 Å². The van der Waals surface area contributed by atoms with Crippen molar-refractivity contribution in [2.75, 3.05) is 17.3 Å². The van der Waals surface area contributed by atoms with Crippen molar-refractivity contribution < 1.29 is 0 Å². The second kappa shape index (κ2) is 6.32. The molecule has 0 aliphatic heterocycles. The van der Waals surface area contributed by atoms with Crippen LogP contribution in [0.4, 0.5) is 17.5 Å². The van der Waals surface area contributed by atoms with Gasteiger partial charge < -0.3 is 10.2 Å². The molecule has 1 aliphatic carbocycles. The van der Waals surface area contributed by atoms with Gasteiger partial charge in [-0.2, -0.15) is 4.98 Å². The van der Waals surface area contributed by atoms with Gasteiger partial charge in [0.2, 0.25) is 5.95 Å². The summed E-state index contributed by atoms with van der Waals surface area (Å²) in [6.07, 6.45) is 2.39. The highest BCUT2D eigenvalue weighted by Crippen LogP contribution is 2.29. The molecule has 0 atom stereocenters. The number of aromatic nitrogens is 2. The molecule has 2 aromatic carbocycles. The summed E-state index contributed by atoms with van der Waals surface area (Å²) in [4.78, 5) is 11.5. The van der Waals surface area contributed by atoms with Crippen LogP contribution in [0.1, 0.15) is 12.8 Å². The predicted molar refractivity (Wildman–Crippen MR) is 98.6 cm³/mol. The van der Waals surface area contributed by atoms with E-state index in [0.29, 0.717) is 12.0 Å². The summed E-state index contributed by atoms with van der Waals surface area (Å²) in [6, 6.07) is 23.1. The Morgan fingerprint density at radius 2 is 1.58 bits per heavy atom. The number of hydrogen-bond acceptors (Lipinski definition) is 4. The maximum Gasteiger partial charge on any atom is 0.225 e. The Bertz CT molecular complexity index is 814. The lowest BCUT2D eigenvalue weighted by Crippen LogP contribution is -2.14. The SMILES string of the molecule is CN(c1ccccc1)c1cc(-c2ccccc2)nc(NC2CC2)n1. The van der Waals surface area contributed by atoms with Crippen molar-refractivity contribution in [3.8, 4) is 11.3 Å². The molecule has 4 nitrogen and oxygen atoms in total. The van der Waals surface area contributed by atoms with Crippen LogP contribution >= 0.6 is 0 Å². The molecule has 3 aromatic rings. The monoisotopic (exact) mass is 316 g/mol. The van der Waals surface area contributed by atoms with Gasteiger partial charge in [0.1, 0.15) is 5.82 Å². The maximum absolute atomic E-state index is 4.72. The van der Waals surface area contributed by atoms with E-state index >= 15 is 0 Å². The third kappa shape index (κ3) is 3.23. The van der Waals surface area contributed by atoms with Crippen LogP contribution < -0.4 is 10.2 Å². The first kappa shape index (κ1) is 14.7. The van der Waals surface area contributed by atoms with Gasteiger partial charge in [0.15, 0.2) is 0 Å². The Kier molecular flexibility index (Phi) is 3.87. The van der Waals surface area contributed by atoms with Crippen LogP contribution in [0.3, 0.4) is 0 Å². The average Bonchev–Trinajstić information content (AvgIpc) is 3.46. The summed E-state index contributed by atoms with van der Waals surface area (Å²) >= 11 is 0. The molecule has 1 saturated carbocycles. The number of rotatable bonds is 5. The second-order valence-corrected chi connectivity index (χ2v) is 6.11. The highest BCUT2D eigenvalue weighted by Gasteiger charge is 2.23. The minimum atomic E-state index is 0.519. The molecule has 0 spiro atoms. The number of hydrogen-bond donors (Lipinski definition) is 1. The first-order valence-corrected chi connectivity index (χ1v) is 8.29. The molecule has 120 valence electrons. The van der Waals surface area contributed by atoms with Crippen LogP contribution in [0, 0.1) is 0 Å². The molecule has 4 rings (SSSR count). The fraction of sp³-hybridized carbons (Fsp3) is 0.200. The molecule has 0 amide bonds. The molecule has 4 heteroatoms. The van der Waals surface area contributed by atoms with E-state index < -0.39 is 0 Å². The molecule has 1 fully saturated rings. The zero-order valence-electron chi connectivity index (χ0n) is 13.7. The van der Waals surface area contributed by atoms with E-state index in [-0.39, 0.29) is 0 Å². The Labute approximate surface area is 142 Å². The summed E-state index contributed by atoms with van der Waals surface area (Å²) in [5.74, 6) is 1.59. The molecule has 0 bridgehead atoms. The van der Waals surface area contributed by atoms with E-state index in [1.165, 1.54) is 12.8 Å². The molecule has 1 aromatic heterocycles. The predicted octanol–water partition coefficient (Wildman–Crippen LogP) is 4.49. The first-order valence-electron chi connectivity index (χ1n) is 8.29. The number of anilines is 3. The summed E-state index contributed by atoms with van der Waals surface area (Å²) in [6.45, 7) is 0. The fourth-order valence-corrected chi connectivity index (χ4v) is 2.62. The van der Waals surface area contributed by atoms with Crippen LogP contribution in [-0.4, -0.2) is 23.1 Å². The molecule has 0 radical (unpaired) electrons. The summed E-state index contributed by atoms with van der Waals surface area (Å²) in [5, 5.41) is 3.42. The number of nitrogens with one attached hydrogen (secondary N) is 1. The molecule has 0 saturated heterocycles. The van der Waals surface area contributed by atoms with E-state index in [1.54, 1.807) is 0 Å². The zero-order valence-corrected chi connectivity index (χ0v) is 13.7. The largest absolute Gasteiger partial charge is 0.351 e. The topological polar surface area (TPSA) is 41.1 Å². The Morgan fingerprint density at radius 3 is 2.25 bits per heavy atom. The highest BCUT2D eigenvalue weighted by molar-refractivity contribution is 5.68. The quantitative estimate of drug-likeness (QED) is 0.753. The third-order valence-electron chi connectivity index (χ3n) is 4.18.